The molecule has 0 unspecified atom stereocenters. The van der Waals surface area contributed by atoms with Crippen molar-refractivity contribution in [1.82, 2.24) is 20.0 Å². The quantitative estimate of drug-likeness (QED) is 0.937. The van der Waals surface area contributed by atoms with Crippen LogP contribution in [0.25, 0.3) is 0 Å². The number of rotatable bonds is 4. The Morgan fingerprint density at radius 2 is 2.17 bits per heavy atom. The minimum atomic E-state index is -0.0333. The van der Waals surface area contributed by atoms with Gasteiger partial charge in [-0.3, -0.25) is 4.68 Å². The zero-order chi connectivity index (χ0) is 16.1. The van der Waals surface area contributed by atoms with Crippen LogP contribution in [0.4, 0.5) is 4.79 Å². The molecule has 1 aromatic carbocycles. The maximum absolute atomic E-state index is 12.3. The van der Waals surface area contributed by atoms with E-state index in [-0.39, 0.29) is 12.1 Å². The first-order valence-electron chi connectivity index (χ1n) is 7.91. The van der Waals surface area contributed by atoms with Crippen molar-refractivity contribution >= 4 is 6.03 Å². The minimum Gasteiger partial charge on any atom is -0.375 e. The molecular formula is C17H22N4O2. The predicted octanol–water partition coefficient (Wildman–Crippen LogP) is 1.86. The monoisotopic (exact) mass is 314 g/mol. The van der Waals surface area contributed by atoms with E-state index in [9.17, 15) is 4.79 Å². The van der Waals surface area contributed by atoms with Gasteiger partial charge in [-0.05, 0) is 24.1 Å². The number of urea groups is 1. The van der Waals surface area contributed by atoms with Gasteiger partial charge in [-0.15, -0.1) is 0 Å². The van der Waals surface area contributed by atoms with Crippen LogP contribution in [0, 0.1) is 0 Å². The molecule has 1 aliphatic rings. The number of hydrogen-bond donors (Lipinski definition) is 1. The summed E-state index contributed by atoms with van der Waals surface area (Å²) in [7, 11) is 0. The van der Waals surface area contributed by atoms with Gasteiger partial charge in [0.25, 0.3) is 0 Å². The van der Waals surface area contributed by atoms with E-state index in [1.807, 2.05) is 47.0 Å². The van der Waals surface area contributed by atoms with Crippen LogP contribution in [0.15, 0.2) is 42.7 Å². The molecule has 1 atom stereocenters. The third-order valence-corrected chi connectivity index (χ3v) is 3.97. The lowest BCUT2D eigenvalue weighted by Gasteiger charge is -2.31. The number of carbonyl (C=O) groups excluding carboxylic acids is 1. The molecule has 1 fully saturated rings. The molecule has 0 bridgehead atoms. The van der Waals surface area contributed by atoms with Gasteiger partial charge in [-0.25, -0.2) is 4.79 Å². The smallest absolute Gasteiger partial charge is 0.317 e. The Kier molecular flexibility index (Phi) is 4.92. The number of ether oxygens (including phenoxy) is 1. The van der Waals surface area contributed by atoms with Crippen LogP contribution in [0.2, 0.25) is 0 Å². The fourth-order valence-corrected chi connectivity index (χ4v) is 2.74. The second kappa shape index (κ2) is 7.28. The van der Waals surface area contributed by atoms with Crippen LogP contribution in [-0.4, -0.2) is 46.5 Å². The molecule has 6 nitrogen and oxygen atoms in total. The standard InChI is InChI=1S/C17H22N4O2/c1-14-12-20(9-10-23-14)17(22)18-11-15-5-2-3-6-16(15)13-21-8-4-7-19-21/h2-8,14H,9-13H2,1H3,(H,18,22)/t14-/m1/s1. The van der Waals surface area contributed by atoms with Crippen molar-refractivity contribution in [3.8, 4) is 0 Å². The first kappa shape index (κ1) is 15.6. The highest BCUT2D eigenvalue weighted by Gasteiger charge is 2.21. The second-order valence-corrected chi connectivity index (χ2v) is 5.76. The molecule has 2 amide bonds. The lowest BCUT2D eigenvalue weighted by molar-refractivity contribution is -0.00352. The summed E-state index contributed by atoms with van der Waals surface area (Å²) in [6, 6.07) is 9.98. The summed E-state index contributed by atoms with van der Waals surface area (Å²) < 4.78 is 7.35. The molecule has 0 saturated carbocycles. The van der Waals surface area contributed by atoms with Gasteiger partial charge in [0.15, 0.2) is 0 Å². The van der Waals surface area contributed by atoms with Gasteiger partial charge in [0.2, 0.25) is 0 Å². The van der Waals surface area contributed by atoms with Gasteiger partial charge in [0, 0.05) is 32.0 Å². The molecule has 2 aromatic rings. The van der Waals surface area contributed by atoms with Gasteiger partial charge >= 0.3 is 6.03 Å². The molecule has 2 heterocycles. The van der Waals surface area contributed by atoms with Gasteiger partial charge in [0.05, 0.1) is 19.3 Å². The Morgan fingerprint density at radius 3 is 2.91 bits per heavy atom. The summed E-state index contributed by atoms with van der Waals surface area (Å²) in [5.74, 6) is 0. The molecule has 3 rings (SSSR count). The van der Waals surface area contributed by atoms with Gasteiger partial charge < -0.3 is 15.0 Å². The molecule has 0 radical (unpaired) electrons. The van der Waals surface area contributed by atoms with Crippen molar-refractivity contribution in [2.24, 2.45) is 0 Å². The fourth-order valence-electron chi connectivity index (χ4n) is 2.74. The normalized spacial score (nSPS) is 18.0. The van der Waals surface area contributed by atoms with Crippen LogP contribution in [0.1, 0.15) is 18.1 Å². The largest absolute Gasteiger partial charge is 0.375 e. The number of morpholine rings is 1. The summed E-state index contributed by atoms with van der Waals surface area (Å²) in [5.41, 5.74) is 2.27. The van der Waals surface area contributed by atoms with Crippen LogP contribution in [0.3, 0.4) is 0 Å². The molecule has 122 valence electrons. The maximum atomic E-state index is 12.3. The molecule has 1 N–H and O–H groups in total. The van der Waals surface area contributed by atoms with Crippen LogP contribution >= 0.6 is 0 Å². The van der Waals surface area contributed by atoms with Crippen molar-refractivity contribution in [2.45, 2.75) is 26.1 Å². The zero-order valence-corrected chi connectivity index (χ0v) is 13.3. The van der Waals surface area contributed by atoms with Crippen LogP contribution in [-0.2, 0) is 17.8 Å². The first-order chi connectivity index (χ1) is 11.2. The Hall–Kier alpha value is -2.34. The van der Waals surface area contributed by atoms with E-state index in [2.05, 4.69) is 16.5 Å². The molecule has 1 aliphatic heterocycles. The van der Waals surface area contributed by atoms with Gasteiger partial charge in [0.1, 0.15) is 0 Å². The molecule has 23 heavy (non-hydrogen) atoms. The second-order valence-electron chi connectivity index (χ2n) is 5.76. The van der Waals surface area contributed by atoms with Crippen LogP contribution < -0.4 is 5.32 Å². The molecule has 6 heteroatoms. The fraction of sp³-hybridized carbons (Fsp3) is 0.412. The number of carbonyl (C=O) groups is 1. The Morgan fingerprint density at radius 1 is 1.35 bits per heavy atom. The van der Waals surface area contributed by atoms with Crippen molar-refractivity contribution in [1.29, 1.82) is 0 Å². The number of hydrogen-bond acceptors (Lipinski definition) is 3. The highest BCUT2D eigenvalue weighted by Crippen LogP contribution is 2.11. The molecule has 1 saturated heterocycles. The minimum absolute atomic E-state index is 0.0333. The van der Waals surface area contributed by atoms with E-state index in [1.54, 1.807) is 6.20 Å². The van der Waals surface area contributed by atoms with E-state index in [1.165, 1.54) is 0 Å². The van der Waals surface area contributed by atoms with Crippen molar-refractivity contribution in [2.75, 3.05) is 19.7 Å². The topological polar surface area (TPSA) is 59.4 Å². The zero-order valence-electron chi connectivity index (χ0n) is 13.3. The maximum Gasteiger partial charge on any atom is 0.317 e. The highest BCUT2D eigenvalue weighted by atomic mass is 16.5. The van der Waals surface area contributed by atoms with E-state index >= 15 is 0 Å². The third kappa shape index (κ3) is 4.10. The molecule has 0 spiro atoms. The first-order valence-corrected chi connectivity index (χ1v) is 7.91. The van der Waals surface area contributed by atoms with Crippen molar-refractivity contribution in [3.63, 3.8) is 0 Å². The van der Waals surface area contributed by atoms with Gasteiger partial charge in [-0.2, -0.15) is 5.10 Å². The Bertz CT molecular complexity index is 642. The molecular weight excluding hydrogens is 292 g/mol. The SMILES string of the molecule is C[C@@H]1CN(C(=O)NCc2ccccc2Cn2cccn2)CCO1. The predicted molar refractivity (Wildman–Crippen MR) is 87.0 cm³/mol. The number of nitrogens with one attached hydrogen (secondary N) is 1. The summed E-state index contributed by atoms with van der Waals surface area (Å²) in [4.78, 5) is 14.1. The number of amides is 2. The van der Waals surface area contributed by atoms with E-state index < -0.39 is 0 Å². The van der Waals surface area contributed by atoms with Crippen molar-refractivity contribution in [3.05, 3.63) is 53.9 Å². The number of nitrogens with zero attached hydrogens (tertiary/aromatic N) is 3. The summed E-state index contributed by atoms with van der Waals surface area (Å²) in [6.07, 6.45) is 3.80. The summed E-state index contributed by atoms with van der Waals surface area (Å²) in [6.45, 7) is 5.09. The Balaban J connectivity index is 1.60. The lowest BCUT2D eigenvalue weighted by Crippen LogP contribution is -2.48. The third-order valence-electron chi connectivity index (χ3n) is 3.97. The van der Waals surface area contributed by atoms with Crippen LogP contribution in [0.5, 0.6) is 0 Å². The van der Waals surface area contributed by atoms with E-state index in [4.69, 9.17) is 4.74 Å². The summed E-state index contributed by atoms with van der Waals surface area (Å²) in [5, 5.41) is 7.25. The number of benzene rings is 1. The van der Waals surface area contributed by atoms with E-state index in [0.29, 0.717) is 32.8 Å². The average molecular weight is 314 g/mol. The lowest BCUT2D eigenvalue weighted by atomic mass is 10.1. The summed E-state index contributed by atoms with van der Waals surface area (Å²) >= 11 is 0. The van der Waals surface area contributed by atoms with Crippen molar-refractivity contribution < 1.29 is 9.53 Å². The number of aromatic nitrogens is 2. The van der Waals surface area contributed by atoms with E-state index in [0.717, 1.165) is 11.1 Å². The highest BCUT2D eigenvalue weighted by molar-refractivity contribution is 5.74. The molecule has 0 aliphatic carbocycles. The Labute approximate surface area is 136 Å². The van der Waals surface area contributed by atoms with Gasteiger partial charge in [-0.1, -0.05) is 24.3 Å². The average Bonchev–Trinajstić information content (AvgIpc) is 3.07. The molecule has 1 aromatic heterocycles.